The minimum absolute atomic E-state index is 0.0113. The molecule has 1 aromatic carbocycles. The van der Waals surface area contributed by atoms with Crippen molar-refractivity contribution in [1.29, 1.82) is 0 Å². The van der Waals surface area contributed by atoms with E-state index in [1.807, 2.05) is 6.92 Å². The van der Waals surface area contributed by atoms with Gasteiger partial charge in [0.2, 0.25) is 5.91 Å². The average Bonchev–Trinajstić information content (AvgIpc) is 3.21. The summed E-state index contributed by atoms with van der Waals surface area (Å²) in [5.74, 6) is -0.368. The van der Waals surface area contributed by atoms with Crippen LogP contribution in [0.2, 0.25) is 5.02 Å². The van der Waals surface area contributed by atoms with Crippen LogP contribution in [-0.2, 0) is 11.3 Å². The first-order valence-corrected chi connectivity index (χ1v) is 10.3. The number of nitrogens with zero attached hydrogens (tertiary/aromatic N) is 2. The van der Waals surface area contributed by atoms with Gasteiger partial charge < -0.3 is 26.3 Å². The zero-order valence-electron chi connectivity index (χ0n) is 17.7. The number of carboxylic acids is 1. The van der Waals surface area contributed by atoms with Crippen LogP contribution >= 0.6 is 11.6 Å². The summed E-state index contributed by atoms with van der Waals surface area (Å²) in [7, 11) is 0. The second-order valence-corrected chi connectivity index (χ2v) is 7.41. The second kappa shape index (κ2) is 10.5. The molecule has 0 radical (unpaired) electrons. The predicted molar refractivity (Wildman–Crippen MR) is 125 cm³/mol. The highest BCUT2D eigenvalue weighted by molar-refractivity contribution is 6.35. The Morgan fingerprint density at radius 1 is 1.15 bits per heavy atom. The molecule has 6 N–H and O–H groups in total. The lowest BCUT2D eigenvalue weighted by Gasteiger charge is -2.02. The largest absolute Gasteiger partial charge is 0.478 e. The van der Waals surface area contributed by atoms with Crippen molar-refractivity contribution in [2.45, 2.75) is 19.9 Å². The second-order valence-electron chi connectivity index (χ2n) is 7.00. The molecular formula is C23H22ClN5O4. The molecule has 2 heterocycles. The number of benzene rings is 1. The van der Waals surface area contributed by atoms with Crippen molar-refractivity contribution in [2.75, 3.05) is 0 Å². The molecule has 0 aliphatic rings. The normalized spacial score (nSPS) is 11.6. The van der Waals surface area contributed by atoms with Gasteiger partial charge in [-0.25, -0.2) is 14.8 Å². The van der Waals surface area contributed by atoms with Gasteiger partial charge in [0.1, 0.15) is 5.76 Å². The highest BCUT2D eigenvalue weighted by Gasteiger charge is 2.13. The summed E-state index contributed by atoms with van der Waals surface area (Å²) in [5, 5.41) is 12.8. The molecule has 0 saturated heterocycles. The van der Waals surface area contributed by atoms with E-state index in [9.17, 15) is 9.59 Å². The number of hydrogen-bond donors (Lipinski definition) is 4. The molecule has 0 fully saturated rings. The Morgan fingerprint density at radius 3 is 2.52 bits per heavy atom. The third-order valence-corrected chi connectivity index (χ3v) is 4.84. The number of amides is 1. The van der Waals surface area contributed by atoms with Crippen molar-refractivity contribution in [3.8, 4) is 11.4 Å². The van der Waals surface area contributed by atoms with E-state index in [4.69, 9.17) is 32.6 Å². The van der Waals surface area contributed by atoms with E-state index in [0.717, 1.165) is 5.57 Å². The zero-order chi connectivity index (χ0) is 24.0. The topological polar surface area (TPSA) is 157 Å². The van der Waals surface area contributed by atoms with Crippen LogP contribution in [0.1, 0.15) is 29.5 Å². The predicted octanol–water partition coefficient (Wildman–Crippen LogP) is 3.51. The molecule has 0 aliphatic heterocycles. The Kier molecular flexibility index (Phi) is 7.47. The molecule has 0 bridgehead atoms. The number of halogens is 1. The van der Waals surface area contributed by atoms with E-state index < -0.39 is 5.97 Å². The van der Waals surface area contributed by atoms with Crippen LogP contribution in [0.4, 0.5) is 0 Å². The molecule has 2 aromatic heterocycles. The molecule has 3 aromatic rings. The fourth-order valence-electron chi connectivity index (χ4n) is 2.88. The molecule has 0 aliphatic carbocycles. The molecule has 9 nitrogen and oxygen atoms in total. The zero-order valence-corrected chi connectivity index (χ0v) is 18.5. The van der Waals surface area contributed by atoms with Gasteiger partial charge in [-0.2, -0.15) is 0 Å². The van der Waals surface area contributed by atoms with Gasteiger partial charge >= 0.3 is 5.97 Å². The minimum atomic E-state index is -1.11. The van der Waals surface area contributed by atoms with Crippen LogP contribution < -0.4 is 16.8 Å². The maximum absolute atomic E-state index is 12.2. The van der Waals surface area contributed by atoms with E-state index in [2.05, 4.69) is 15.3 Å². The number of aromatic carboxylic acids is 1. The van der Waals surface area contributed by atoms with Gasteiger partial charge in [0.15, 0.2) is 11.4 Å². The third kappa shape index (κ3) is 6.20. The lowest BCUT2D eigenvalue weighted by molar-refractivity contribution is -0.116. The Balaban J connectivity index is 1.72. The fourth-order valence-corrected chi connectivity index (χ4v) is 3.14. The maximum Gasteiger partial charge on any atom is 0.338 e. The monoisotopic (exact) mass is 467 g/mol. The van der Waals surface area contributed by atoms with Crippen LogP contribution in [0.15, 0.2) is 70.7 Å². The first-order chi connectivity index (χ1) is 15.8. The van der Waals surface area contributed by atoms with Gasteiger partial charge in [-0.1, -0.05) is 30.7 Å². The minimum Gasteiger partial charge on any atom is -0.478 e. The third-order valence-electron chi connectivity index (χ3n) is 4.56. The fraction of sp³-hybridized carbons (Fsp3) is 0.130. The number of carboxylic acid groups (broad SMARTS) is 1. The Bertz CT molecular complexity index is 1270. The van der Waals surface area contributed by atoms with E-state index in [1.165, 1.54) is 18.5 Å². The maximum atomic E-state index is 12.2. The van der Waals surface area contributed by atoms with Gasteiger partial charge in [-0.3, -0.25) is 4.79 Å². The standard InChI is InChI=1S/C23H22ClN5O4/c1-2-13(3-5-19(25)26)4-6-20(30)27-12-17-8-14-7-15(9-18(24)21(14)33-17)22-28-10-16(11-29-22)23(31)32/h3-11H,2,12,25-26H2,1H3,(H,27,30)(H,31,32)/b6-4+,13-3+. The number of allylic oxidation sites excluding steroid dienone is 4. The lowest BCUT2D eigenvalue weighted by Crippen LogP contribution is -2.19. The SMILES string of the molecule is CCC(/C=C/C(=O)NCc1cc2cc(-c3ncc(C(=O)O)cn3)cc(Cl)c2o1)=C\C=C(N)N. The summed E-state index contributed by atoms with van der Waals surface area (Å²) >= 11 is 6.35. The number of carbonyl (C=O) groups is 2. The molecule has 3 rings (SSSR count). The molecule has 0 saturated carbocycles. The molecule has 0 spiro atoms. The summed E-state index contributed by atoms with van der Waals surface area (Å²) in [6, 6.07) is 5.17. The number of hydrogen-bond acceptors (Lipinski definition) is 7. The Morgan fingerprint density at radius 2 is 1.88 bits per heavy atom. The van der Waals surface area contributed by atoms with Crippen molar-refractivity contribution < 1.29 is 19.1 Å². The smallest absolute Gasteiger partial charge is 0.338 e. The van der Waals surface area contributed by atoms with E-state index >= 15 is 0 Å². The van der Waals surface area contributed by atoms with Gasteiger partial charge in [-0.05, 0) is 36.3 Å². The van der Waals surface area contributed by atoms with E-state index in [-0.39, 0.29) is 23.8 Å². The number of furan rings is 1. The number of nitrogens with one attached hydrogen (secondary N) is 1. The highest BCUT2D eigenvalue weighted by atomic mass is 35.5. The van der Waals surface area contributed by atoms with Crippen molar-refractivity contribution >= 4 is 34.4 Å². The first-order valence-electron chi connectivity index (χ1n) is 9.92. The van der Waals surface area contributed by atoms with Gasteiger partial charge in [0.25, 0.3) is 0 Å². The van der Waals surface area contributed by atoms with Crippen LogP contribution in [0.25, 0.3) is 22.4 Å². The van der Waals surface area contributed by atoms with Crippen molar-refractivity contribution in [1.82, 2.24) is 15.3 Å². The van der Waals surface area contributed by atoms with E-state index in [0.29, 0.717) is 39.6 Å². The number of rotatable bonds is 8. The summed E-state index contributed by atoms with van der Waals surface area (Å²) in [4.78, 5) is 31.3. The van der Waals surface area contributed by atoms with Crippen LogP contribution in [-0.4, -0.2) is 27.0 Å². The van der Waals surface area contributed by atoms with Crippen LogP contribution in [0.3, 0.4) is 0 Å². The number of nitrogens with two attached hydrogens (primary N) is 2. The molecule has 1 amide bonds. The molecule has 0 unspecified atom stereocenters. The molecular weight excluding hydrogens is 446 g/mol. The van der Waals surface area contributed by atoms with Gasteiger partial charge in [-0.15, -0.1) is 0 Å². The summed E-state index contributed by atoms with van der Waals surface area (Å²) in [6.45, 7) is 2.11. The molecule has 33 heavy (non-hydrogen) atoms. The number of fused-ring (bicyclic) bond motifs is 1. The molecule has 170 valence electrons. The quantitative estimate of drug-likeness (QED) is 0.289. The molecule has 0 atom stereocenters. The van der Waals surface area contributed by atoms with Crippen molar-refractivity contribution in [3.63, 3.8) is 0 Å². The van der Waals surface area contributed by atoms with Gasteiger partial charge in [0, 0.05) is 29.4 Å². The summed E-state index contributed by atoms with van der Waals surface area (Å²) in [6.07, 6.45) is 9.59. The highest BCUT2D eigenvalue weighted by Crippen LogP contribution is 2.31. The van der Waals surface area contributed by atoms with Gasteiger partial charge in [0.05, 0.1) is 23.0 Å². The number of aromatic nitrogens is 2. The summed E-state index contributed by atoms with van der Waals surface area (Å²) < 4.78 is 5.77. The summed E-state index contributed by atoms with van der Waals surface area (Å²) in [5.41, 5.74) is 12.8. The van der Waals surface area contributed by atoms with Crippen molar-refractivity contribution in [2.24, 2.45) is 11.5 Å². The van der Waals surface area contributed by atoms with Crippen LogP contribution in [0, 0.1) is 0 Å². The van der Waals surface area contributed by atoms with E-state index in [1.54, 1.807) is 36.4 Å². The van der Waals surface area contributed by atoms with Crippen LogP contribution in [0.5, 0.6) is 0 Å². The van der Waals surface area contributed by atoms with Crippen molar-refractivity contribution in [3.05, 3.63) is 82.6 Å². The Labute approximate surface area is 194 Å². The average molecular weight is 468 g/mol. The number of carbonyl (C=O) groups excluding carboxylic acids is 1. The first kappa shape index (κ1) is 23.6. The lowest BCUT2D eigenvalue weighted by atomic mass is 10.1. The Hall–Kier alpha value is -4.11. The molecule has 10 heteroatoms.